The second kappa shape index (κ2) is 4.53. The maximum Gasteiger partial charge on any atom is 0.340 e. The minimum absolute atomic E-state index is 0.170. The van der Waals surface area contributed by atoms with Gasteiger partial charge < -0.3 is 10.5 Å². The van der Waals surface area contributed by atoms with Crippen molar-refractivity contribution >= 4 is 23.3 Å². The summed E-state index contributed by atoms with van der Waals surface area (Å²) in [5.74, 6) is -0.437. The van der Waals surface area contributed by atoms with Gasteiger partial charge in [-0.1, -0.05) is 11.6 Å². The second-order valence-corrected chi connectivity index (χ2v) is 4.07. The SMILES string of the molecule is Cc1cc(Cl)cc(C(=O)OC(C)C)c1N. The van der Waals surface area contributed by atoms with Crippen molar-refractivity contribution in [2.75, 3.05) is 5.73 Å². The highest BCUT2D eigenvalue weighted by molar-refractivity contribution is 6.31. The number of hydrogen-bond donors (Lipinski definition) is 1. The van der Waals surface area contributed by atoms with E-state index in [1.807, 2.05) is 0 Å². The molecule has 0 radical (unpaired) electrons. The van der Waals surface area contributed by atoms with Gasteiger partial charge in [0, 0.05) is 10.7 Å². The number of rotatable bonds is 2. The Kier molecular flexibility index (Phi) is 3.58. The van der Waals surface area contributed by atoms with Crippen molar-refractivity contribution in [2.24, 2.45) is 0 Å². The Morgan fingerprint density at radius 3 is 2.60 bits per heavy atom. The molecule has 0 bridgehead atoms. The first-order chi connectivity index (χ1) is 6.91. The van der Waals surface area contributed by atoms with Crippen molar-refractivity contribution in [3.8, 4) is 0 Å². The number of hydrogen-bond acceptors (Lipinski definition) is 3. The van der Waals surface area contributed by atoms with Crippen LogP contribution in [0.4, 0.5) is 5.69 Å². The third kappa shape index (κ3) is 2.86. The van der Waals surface area contributed by atoms with Crippen LogP contribution in [0.15, 0.2) is 12.1 Å². The highest BCUT2D eigenvalue weighted by Crippen LogP contribution is 2.23. The average molecular weight is 228 g/mol. The van der Waals surface area contributed by atoms with E-state index in [-0.39, 0.29) is 6.10 Å². The summed E-state index contributed by atoms with van der Waals surface area (Å²) >= 11 is 5.84. The fraction of sp³-hybridized carbons (Fsp3) is 0.364. The van der Waals surface area contributed by atoms with Gasteiger partial charge in [0.1, 0.15) is 0 Å². The first-order valence-electron chi connectivity index (χ1n) is 4.68. The highest BCUT2D eigenvalue weighted by atomic mass is 35.5. The second-order valence-electron chi connectivity index (χ2n) is 3.64. The smallest absolute Gasteiger partial charge is 0.340 e. The Morgan fingerprint density at radius 2 is 2.07 bits per heavy atom. The van der Waals surface area contributed by atoms with E-state index >= 15 is 0 Å². The lowest BCUT2D eigenvalue weighted by Crippen LogP contribution is -2.14. The Balaban J connectivity index is 3.08. The van der Waals surface area contributed by atoms with Crippen molar-refractivity contribution in [1.82, 2.24) is 0 Å². The summed E-state index contributed by atoms with van der Waals surface area (Å²) in [6.45, 7) is 5.37. The van der Waals surface area contributed by atoms with Crippen LogP contribution in [0, 0.1) is 6.92 Å². The fourth-order valence-corrected chi connectivity index (χ4v) is 1.47. The Hall–Kier alpha value is -1.22. The van der Waals surface area contributed by atoms with Crippen molar-refractivity contribution in [3.63, 3.8) is 0 Å². The molecular weight excluding hydrogens is 214 g/mol. The van der Waals surface area contributed by atoms with Gasteiger partial charge in [0.05, 0.1) is 11.7 Å². The number of aryl methyl sites for hydroxylation is 1. The molecule has 0 saturated heterocycles. The molecule has 0 heterocycles. The van der Waals surface area contributed by atoms with Crippen LogP contribution in [0.2, 0.25) is 5.02 Å². The van der Waals surface area contributed by atoms with Gasteiger partial charge in [-0.3, -0.25) is 0 Å². The molecule has 4 heteroatoms. The molecule has 0 aliphatic heterocycles. The highest BCUT2D eigenvalue weighted by Gasteiger charge is 2.15. The lowest BCUT2D eigenvalue weighted by molar-refractivity contribution is 0.0379. The minimum Gasteiger partial charge on any atom is -0.459 e. The molecule has 1 aromatic rings. The first kappa shape index (κ1) is 11.9. The van der Waals surface area contributed by atoms with E-state index in [0.29, 0.717) is 16.3 Å². The number of benzene rings is 1. The van der Waals surface area contributed by atoms with E-state index in [0.717, 1.165) is 5.56 Å². The van der Waals surface area contributed by atoms with E-state index < -0.39 is 5.97 Å². The molecular formula is C11H14ClNO2. The first-order valence-corrected chi connectivity index (χ1v) is 5.06. The fourth-order valence-electron chi connectivity index (χ4n) is 1.20. The largest absolute Gasteiger partial charge is 0.459 e. The lowest BCUT2D eigenvalue weighted by Gasteiger charge is -2.11. The van der Waals surface area contributed by atoms with Gasteiger partial charge in [-0.05, 0) is 38.5 Å². The quantitative estimate of drug-likeness (QED) is 0.624. The number of anilines is 1. The van der Waals surface area contributed by atoms with Crippen LogP contribution in [-0.2, 0) is 4.74 Å². The van der Waals surface area contributed by atoms with Gasteiger partial charge in [0.2, 0.25) is 0 Å². The van der Waals surface area contributed by atoms with Gasteiger partial charge >= 0.3 is 5.97 Å². The molecule has 0 aliphatic rings. The van der Waals surface area contributed by atoms with E-state index in [1.54, 1.807) is 26.8 Å². The zero-order valence-corrected chi connectivity index (χ0v) is 9.76. The van der Waals surface area contributed by atoms with Gasteiger partial charge in [-0.2, -0.15) is 0 Å². The zero-order chi connectivity index (χ0) is 11.6. The topological polar surface area (TPSA) is 52.3 Å². The van der Waals surface area contributed by atoms with Gasteiger partial charge in [-0.25, -0.2) is 4.79 Å². The Labute approximate surface area is 94.2 Å². The van der Waals surface area contributed by atoms with Crippen LogP contribution in [0.25, 0.3) is 0 Å². The Bertz CT molecular complexity index is 388. The Morgan fingerprint density at radius 1 is 1.47 bits per heavy atom. The normalized spacial score (nSPS) is 10.5. The third-order valence-electron chi connectivity index (χ3n) is 1.91. The summed E-state index contributed by atoms with van der Waals surface area (Å²) in [6.07, 6.45) is -0.170. The lowest BCUT2D eigenvalue weighted by atomic mass is 10.1. The zero-order valence-electron chi connectivity index (χ0n) is 9.00. The molecule has 0 unspecified atom stereocenters. The van der Waals surface area contributed by atoms with E-state index in [9.17, 15) is 4.79 Å². The predicted octanol–water partition coefficient (Wildman–Crippen LogP) is 2.80. The van der Waals surface area contributed by atoms with Crippen LogP contribution in [0.3, 0.4) is 0 Å². The summed E-state index contributed by atoms with van der Waals surface area (Å²) in [5, 5.41) is 0.484. The molecule has 0 spiro atoms. The standard InChI is InChI=1S/C11H14ClNO2/c1-6(2)15-11(14)9-5-8(12)4-7(3)10(9)13/h4-6H,13H2,1-3H3. The van der Waals surface area contributed by atoms with E-state index in [1.165, 1.54) is 6.07 Å². The number of nitrogens with two attached hydrogens (primary N) is 1. The number of carbonyl (C=O) groups is 1. The molecule has 0 aliphatic carbocycles. The summed E-state index contributed by atoms with van der Waals surface area (Å²) in [4.78, 5) is 11.6. The molecule has 82 valence electrons. The van der Waals surface area contributed by atoms with Crippen molar-refractivity contribution in [1.29, 1.82) is 0 Å². The van der Waals surface area contributed by atoms with E-state index in [4.69, 9.17) is 22.1 Å². The molecule has 3 nitrogen and oxygen atoms in total. The van der Waals surface area contributed by atoms with Crippen LogP contribution in [0.1, 0.15) is 29.8 Å². The summed E-state index contributed by atoms with van der Waals surface area (Å²) in [5.41, 5.74) is 7.29. The van der Waals surface area contributed by atoms with Crippen LogP contribution >= 0.6 is 11.6 Å². The number of halogens is 1. The number of nitrogen functional groups attached to an aromatic ring is 1. The van der Waals surface area contributed by atoms with Crippen molar-refractivity contribution in [3.05, 3.63) is 28.3 Å². The average Bonchev–Trinajstić information content (AvgIpc) is 2.09. The molecule has 0 fully saturated rings. The maximum absolute atomic E-state index is 11.6. The number of ether oxygens (including phenoxy) is 1. The maximum atomic E-state index is 11.6. The molecule has 0 amide bonds. The molecule has 2 N–H and O–H groups in total. The van der Waals surface area contributed by atoms with Crippen LogP contribution in [-0.4, -0.2) is 12.1 Å². The van der Waals surface area contributed by atoms with Gasteiger partial charge in [0.25, 0.3) is 0 Å². The van der Waals surface area contributed by atoms with Crippen LogP contribution in [0.5, 0.6) is 0 Å². The molecule has 1 rings (SSSR count). The minimum atomic E-state index is -0.437. The molecule has 0 aromatic heterocycles. The van der Waals surface area contributed by atoms with Crippen molar-refractivity contribution in [2.45, 2.75) is 26.9 Å². The number of esters is 1. The monoisotopic (exact) mass is 227 g/mol. The molecule has 15 heavy (non-hydrogen) atoms. The summed E-state index contributed by atoms with van der Waals surface area (Å²) in [6, 6.07) is 3.23. The molecule has 0 saturated carbocycles. The predicted molar refractivity (Wildman–Crippen MR) is 61.2 cm³/mol. The van der Waals surface area contributed by atoms with Crippen molar-refractivity contribution < 1.29 is 9.53 Å². The van der Waals surface area contributed by atoms with Crippen LogP contribution < -0.4 is 5.73 Å². The van der Waals surface area contributed by atoms with E-state index in [2.05, 4.69) is 0 Å². The summed E-state index contributed by atoms with van der Waals surface area (Å²) in [7, 11) is 0. The van der Waals surface area contributed by atoms with Gasteiger partial charge in [-0.15, -0.1) is 0 Å². The van der Waals surface area contributed by atoms with Gasteiger partial charge in [0.15, 0.2) is 0 Å². The summed E-state index contributed by atoms with van der Waals surface area (Å²) < 4.78 is 5.05. The molecule has 1 aromatic carbocycles. The molecule has 0 atom stereocenters. The third-order valence-corrected chi connectivity index (χ3v) is 2.13. The number of carbonyl (C=O) groups excluding carboxylic acids is 1.